The third-order valence-corrected chi connectivity index (χ3v) is 11.0. The number of β-lactam (4-membered cyclic amide) rings is 1. The van der Waals surface area contributed by atoms with Crippen molar-refractivity contribution in [1.29, 1.82) is 0 Å². The van der Waals surface area contributed by atoms with Gasteiger partial charge in [-0.2, -0.15) is 4.74 Å². The third kappa shape index (κ3) is 8.79. The fourth-order valence-electron chi connectivity index (χ4n) is 6.03. The first-order chi connectivity index (χ1) is 26.5. The number of nitrogens with two attached hydrogens (primary N) is 1. The van der Waals surface area contributed by atoms with Crippen molar-refractivity contribution < 1.29 is 58.9 Å². The number of phenolic OH excluding ortho intramolecular Hbond substituents is 2. The number of phenols is 2. The van der Waals surface area contributed by atoms with E-state index in [1.807, 2.05) is 11.8 Å². The number of anilines is 1. The molecule has 0 radical (unpaired) electrons. The van der Waals surface area contributed by atoms with Crippen molar-refractivity contribution in [2.24, 2.45) is 5.16 Å². The van der Waals surface area contributed by atoms with Crippen LogP contribution in [0.5, 0.6) is 11.5 Å². The summed E-state index contributed by atoms with van der Waals surface area (Å²) in [5.74, 6) is -7.62. The zero-order valence-electron chi connectivity index (χ0n) is 29.7. The molecule has 2 aromatic heterocycles. The smallest absolute Gasteiger partial charge is 0.364 e. The molecule has 4 heterocycles. The van der Waals surface area contributed by atoms with Gasteiger partial charge in [-0.15, -0.1) is 23.1 Å². The first kappa shape index (κ1) is 41.2. The molecule has 56 heavy (non-hydrogen) atoms. The fourth-order valence-corrected chi connectivity index (χ4v) is 8.02. The van der Waals surface area contributed by atoms with Gasteiger partial charge in [0, 0.05) is 23.7 Å². The summed E-state index contributed by atoms with van der Waals surface area (Å²) < 4.78 is 6.03. The SMILES string of the molecule is CCCCCN(CCn1oc(=O)c2cc(O)c(O)cc2c1=O)CC1=C(C(=O)O)N2C(=O)[C@@H](NC(=O)/C(=N\O[C@@H](CC(=O)O)C(=O)O)c3csc(N)n3)[C@H]2S[C@H]1C. The van der Waals surface area contributed by atoms with Crippen LogP contribution < -0.4 is 22.2 Å². The zero-order valence-corrected chi connectivity index (χ0v) is 31.4. The normalized spacial score (nSPS) is 18.8. The predicted molar refractivity (Wildman–Crippen MR) is 198 cm³/mol. The monoisotopic (exact) mass is 819 g/mol. The van der Waals surface area contributed by atoms with Crippen molar-refractivity contribution in [2.75, 3.05) is 25.4 Å². The van der Waals surface area contributed by atoms with Crippen LogP contribution >= 0.6 is 23.1 Å². The minimum Gasteiger partial charge on any atom is -0.504 e. The van der Waals surface area contributed by atoms with E-state index in [1.165, 1.54) is 17.1 Å². The van der Waals surface area contributed by atoms with Crippen molar-refractivity contribution in [2.45, 2.75) is 68.8 Å². The van der Waals surface area contributed by atoms with Gasteiger partial charge in [0.05, 0.1) is 23.7 Å². The van der Waals surface area contributed by atoms with E-state index in [4.69, 9.17) is 20.2 Å². The highest BCUT2D eigenvalue weighted by Gasteiger charge is 2.56. The Hall–Kier alpha value is -5.94. The van der Waals surface area contributed by atoms with Crippen molar-refractivity contribution in [1.82, 2.24) is 24.8 Å². The van der Waals surface area contributed by atoms with Crippen LogP contribution in [-0.2, 0) is 35.4 Å². The number of thioether (sulfide) groups is 1. The molecule has 3 aromatic rings. The summed E-state index contributed by atoms with van der Waals surface area (Å²) in [4.78, 5) is 100. The highest BCUT2D eigenvalue weighted by Crippen LogP contribution is 2.44. The molecule has 2 aliphatic rings. The third-order valence-electron chi connectivity index (χ3n) is 8.87. The number of carboxylic acid groups (broad SMARTS) is 3. The quantitative estimate of drug-likeness (QED) is 0.0300. The molecule has 2 aliphatic heterocycles. The maximum absolute atomic E-state index is 13.6. The van der Waals surface area contributed by atoms with Crippen LogP contribution in [0.2, 0.25) is 0 Å². The minimum absolute atomic E-state index is 0.00573. The number of aromatic hydroxyl groups is 2. The van der Waals surface area contributed by atoms with Gasteiger partial charge in [0.15, 0.2) is 22.3 Å². The molecule has 0 saturated carbocycles. The van der Waals surface area contributed by atoms with Crippen molar-refractivity contribution in [3.8, 4) is 11.5 Å². The number of nitrogens with one attached hydrogen (secondary N) is 1. The summed E-state index contributed by atoms with van der Waals surface area (Å²) in [5.41, 5.74) is 3.34. The lowest BCUT2D eigenvalue weighted by Gasteiger charge is -2.51. The summed E-state index contributed by atoms with van der Waals surface area (Å²) in [7, 11) is 0. The Morgan fingerprint density at radius 2 is 1.79 bits per heavy atom. The molecule has 2 amide bonds. The molecule has 1 fully saturated rings. The van der Waals surface area contributed by atoms with Crippen molar-refractivity contribution in [3.05, 3.63) is 55.3 Å². The summed E-state index contributed by atoms with van der Waals surface area (Å²) >= 11 is 2.10. The number of hydrogen-bond acceptors (Lipinski definition) is 17. The number of carbonyl (C=O) groups is 5. The number of nitrogens with zero attached hydrogens (tertiary/aromatic N) is 5. The van der Waals surface area contributed by atoms with Crippen LogP contribution in [0.4, 0.5) is 5.13 Å². The number of nitrogen functional groups attached to an aromatic ring is 1. The Morgan fingerprint density at radius 1 is 1.09 bits per heavy atom. The van der Waals surface area contributed by atoms with E-state index >= 15 is 0 Å². The number of carbonyl (C=O) groups excluding carboxylic acids is 2. The van der Waals surface area contributed by atoms with E-state index in [2.05, 4.69) is 15.5 Å². The van der Waals surface area contributed by atoms with Gasteiger partial charge < -0.3 is 45.9 Å². The standard InChI is InChI=1S/C33H37N7O14S2/c1-3-4-5-6-38(7-8-39-27(46)15-9-19(41)20(42)10-16(15)32(52)54-39)12-17-14(2)56-29-24(28(47)40(29)25(17)31(50)51)36-26(45)23(18-13-55-33(34)35-18)37-53-21(30(48)49)11-22(43)44/h9-10,13-14,21,24,29,41-42H,3-8,11-12H2,1-2H3,(H2,34,35)(H,36,45)(H,43,44)(H,48,49)(H,50,51)/b37-23-/t14-,21-,24+,29+/m0/s1. The number of benzene rings is 1. The molecular formula is C33H37N7O14S2. The van der Waals surface area contributed by atoms with Crippen LogP contribution in [0.1, 0.15) is 45.2 Å². The molecule has 5 rings (SSSR count). The molecule has 4 atom stereocenters. The maximum atomic E-state index is 13.6. The van der Waals surface area contributed by atoms with Gasteiger partial charge in [0.25, 0.3) is 17.4 Å². The van der Waals surface area contributed by atoms with Crippen molar-refractivity contribution in [3.63, 3.8) is 0 Å². The molecule has 0 spiro atoms. The second kappa shape index (κ2) is 17.2. The fraction of sp³-hybridized carbons (Fsp3) is 0.424. The Kier molecular flexibility index (Phi) is 12.7. The lowest BCUT2D eigenvalue weighted by molar-refractivity contribution is -0.156. The molecule has 0 unspecified atom stereocenters. The number of hydrogen-bond donors (Lipinski definition) is 7. The zero-order chi connectivity index (χ0) is 41.0. The number of fused-ring (bicyclic) bond motifs is 2. The average Bonchev–Trinajstić information content (AvgIpc) is 3.57. The first-order valence-corrected chi connectivity index (χ1v) is 18.8. The van der Waals surface area contributed by atoms with E-state index in [-0.39, 0.29) is 46.9 Å². The van der Waals surface area contributed by atoms with E-state index < -0.39 is 87.3 Å². The number of aliphatic carboxylic acids is 3. The van der Waals surface area contributed by atoms with Crippen LogP contribution in [0.3, 0.4) is 0 Å². The van der Waals surface area contributed by atoms with E-state index in [0.717, 1.165) is 46.0 Å². The Morgan fingerprint density at radius 3 is 2.39 bits per heavy atom. The number of thiazole rings is 1. The van der Waals surface area contributed by atoms with Gasteiger partial charge in [0.2, 0.25) is 6.10 Å². The average molecular weight is 820 g/mol. The lowest BCUT2D eigenvalue weighted by Crippen LogP contribution is -2.71. The molecule has 0 aliphatic carbocycles. The Bertz CT molecular complexity index is 2250. The second-order valence-electron chi connectivity index (χ2n) is 12.7. The molecule has 300 valence electrons. The van der Waals surface area contributed by atoms with Gasteiger partial charge in [-0.05, 0) is 37.6 Å². The van der Waals surface area contributed by atoms with Gasteiger partial charge in [-0.1, -0.05) is 24.9 Å². The number of aromatic nitrogens is 2. The molecular weight excluding hydrogens is 783 g/mol. The molecule has 23 heteroatoms. The number of carboxylic acids is 3. The van der Waals surface area contributed by atoms with Crippen LogP contribution in [0.15, 0.2) is 48.1 Å². The minimum atomic E-state index is -1.97. The number of unbranched alkanes of at least 4 members (excludes halogenated alkanes) is 2. The number of oxime groups is 1. The highest BCUT2D eigenvalue weighted by atomic mass is 32.2. The van der Waals surface area contributed by atoms with Crippen molar-refractivity contribution >= 4 is 74.4 Å². The van der Waals surface area contributed by atoms with Crippen LogP contribution in [0, 0.1) is 0 Å². The van der Waals surface area contributed by atoms with E-state index in [0.29, 0.717) is 18.5 Å². The largest absolute Gasteiger partial charge is 0.504 e. The van der Waals surface area contributed by atoms with Gasteiger partial charge in [0.1, 0.15) is 22.8 Å². The predicted octanol–water partition coefficient (Wildman–Crippen LogP) is 0.373. The van der Waals surface area contributed by atoms with E-state index in [1.54, 1.807) is 6.92 Å². The summed E-state index contributed by atoms with van der Waals surface area (Å²) in [6.07, 6.45) is -0.571. The summed E-state index contributed by atoms with van der Waals surface area (Å²) in [6, 6.07) is 0.626. The Balaban J connectivity index is 1.38. The summed E-state index contributed by atoms with van der Waals surface area (Å²) in [6.45, 7) is 4.17. The van der Waals surface area contributed by atoms with Gasteiger partial charge in [-0.25, -0.2) is 19.4 Å². The number of amides is 2. The lowest BCUT2D eigenvalue weighted by atomic mass is 10.00. The molecule has 0 bridgehead atoms. The first-order valence-electron chi connectivity index (χ1n) is 17.0. The topological polar surface area (TPSA) is 318 Å². The number of rotatable bonds is 18. The molecule has 21 nitrogen and oxygen atoms in total. The molecule has 8 N–H and O–H groups in total. The van der Waals surface area contributed by atoms with E-state index in [9.17, 15) is 54.0 Å². The van der Waals surface area contributed by atoms with Crippen LogP contribution in [0.25, 0.3) is 10.8 Å². The highest BCUT2D eigenvalue weighted by molar-refractivity contribution is 8.00. The van der Waals surface area contributed by atoms with Crippen LogP contribution in [-0.4, -0.2) is 123 Å². The summed E-state index contributed by atoms with van der Waals surface area (Å²) in [5, 5.41) is 54.0. The second-order valence-corrected chi connectivity index (χ2v) is 15.1. The molecule has 1 aromatic carbocycles. The Labute approximate surface area is 323 Å². The van der Waals surface area contributed by atoms with Gasteiger partial charge in [-0.3, -0.25) is 29.0 Å². The van der Waals surface area contributed by atoms with Gasteiger partial charge >= 0.3 is 23.5 Å². The molecule has 1 saturated heterocycles. The maximum Gasteiger partial charge on any atom is 0.364 e.